The van der Waals surface area contributed by atoms with Crippen LogP contribution in [-0.2, 0) is 29.2 Å². The second kappa shape index (κ2) is 5.87. The van der Waals surface area contributed by atoms with Crippen LogP contribution < -0.4 is 9.47 Å². The summed E-state index contributed by atoms with van der Waals surface area (Å²) in [6.45, 7) is 0.704. The van der Waals surface area contributed by atoms with Crippen molar-refractivity contribution in [3.8, 4) is 11.5 Å². The van der Waals surface area contributed by atoms with Gasteiger partial charge in [-0.25, -0.2) is 0 Å². The molecule has 0 saturated carbocycles. The Morgan fingerprint density at radius 1 is 1.14 bits per heavy atom. The normalized spacial score (nSPS) is 13.3. The molecule has 108 valence electrons. The average molecular weight is 284 g/mol. The third kappa shape index (κ3) is 2.84. The van der Waals surface area contributed by atoms with Crippen LogP contribution in [0.3, 0.4) is 0 Å². The summed E-state index contributed by atoms with van der Waals surface area (Å²) in [5, 5.41) is 0. The van der Waals surface area contributed by atoms with Crippen molar-refractivity contribution in [2.24, 2.45) is 0 Å². The summed E-state index contributed by atoms with van der Waals surface area (Å²) in [5.74, 6) is 1.11. The van der Waals surface area contributed by atoms with E-state index in [0.29, 0.717) is 18.1 Å². The maximum Gasteiger partial charge on any atom is 0.310 e. The Kier molecular flexibility index (Phi) is 3.77. The number of methoxy groups -OCH3 is 1. The first-order chi connectivity index (χ1) is 10.3. The van der Waals surface area contributed by atoms with Gasteiger partial charge in [-0.05, 0) is 17.2 Å². The molecule has 4 nitrogen and oxygen atoms in total. The molecular formula is C17H16O4. The number of carbonyl (C=O) groups is 1. The summed E-state index contributed by atoms with van der Waals surface area (Å²) in [5.41, 5.74) is 2.92. The van der Waals surface area contributed by atoms with Gasteiger partial charge in [0.1, 0.15) is 13.2 Å². The Labute approximate surface area is 123 Å². The molecule has 0 unspecified atom stereocenters. The van der Waals surface area contributed by atoms with Gasteiger partial charge in [-0.2, -0.15) is 0 Å². The Hall–Kier alpha value is -2.49. The molecule has 0 bridgehead atoms. The van der Waals surface area contributed by atoms with Crippen molar-refractivity contribution in [2.75, 3.05) is 7.11 Å². The van der Waals surface area contributed by atoms with Crippen LogP contribution in [0.5, 0.6) is 11.5 Å². The molecule has 0 fully saturated rings. The molecule has 2 aromatic rings. The van der Waals surface area contributed by atoms with Gasteiger partial charge in [-0.1, -0.05) is 36.4 Å². The van der Waals surface area contributed by atoms with Crippen molar-refractivity contribution < 1.29 is 19.0 Å². The highest BCUT2D eigenvalue weighted by Crippen LogP contribution is 2.36. The first-order valence-electron chi connectivity index (χ1n) is 6.79. The van der Waals surface area contributed by atoms with Gasteiger partial charge in [-0.3, -0.25) is 4.79 Å². The Bertz CT molecular complexity index is 649. The molecule has 4 heteroatoms. The number of rotatable bonds is 4. The third-order valence-electron chi connectivity index (χ3n) is 3.47. The highest BCUT2D eigenvalue weighted by molar-refractivity contribution is 5.76. The minimum Gasteiger partial charge on any atom is -0.492 e. The van der Waals surface area contributed by atoms with E-state index in [1.807, 2.05) is 42.5 Å². The smallest absolute Gasteiger partial charge is 0.310 e. The fourth-order valence-corrected chi connectivity index (χ4v) is 2.40. The van der Waals surface area contributed by atoms with Gasteiger partial charge < -0.3 is 14.2 Å². The summed E-state index contributed by atoms with van der Waals surface area (Å²) in [6, 6.07) is 13.7. The van der Waals surface area contributed by atoms with E-state index in [4.69, 9.17) is 14.2 Å². The van der Waals surface area contributed by atoms with Crippen molar-refractivity contribution in [3.05, 3.63) is 59.2 Å². The van der Waals surface area contributed by atoms with E-state index < -0.39 is 0 Å². The molecular weight excluding hydrogens is 268 g/mol. The Balaban J connectivity index is 1.84. The zero-order valence-electron chi connectivity index (χ0n) is 11.8. The van der Waals surface area contributed by atoms with E-state index in [1.54, 1.807) is 7.11 Å². The van der Waals surface area contributed by atoms with Crippen LogP contribution in [0.15, 0.2) is 42.5 Å². The molecule has 0 aliphatic carbocycles. The van der Waals surface area contributed by atoms with Crippen molar-refractivity contribution >= 4 is 5.97 Å². The predicted molar refractivity (Wildman–Crippen MR) is 77.3 cm³/mol. The predicted octanol–water partition coefficient (Wildman–Crippen LogP) is 2.87. The summed E-state index contributed by atoms with van der Waals surface area (Å²) < 4.78 is 16.4. The largest absolute Gasteiger partial charge is 0.492 e. The molecule has 0 N–H and O–H groups in total. The first kappa shape index (κ1) is 13.5. The molecule has 1 aliphatic heterocycles. The molecule has 0 saturated heterocycles. The maximum absolute atomic E-state index is 11.3. The lowest BCUT2D eigenvalue weighted by molar-refractivity contribution is -0.145. The monoisotopic (exact) mass is 284 g/mol. The first-order valence-corrected chi connectivity index (χ1v) is 6.79. The summed E-state index contributed by atoms with van der Waals surface area (Å²) in [4.78, 5) is 11.3. The third-order valence-corrected chi connectivity index (χ3v) is 3.47. The van der Waals surface area contributed by atoms with Gasteiger partial charge in [0.15, 0.2) is 11.5 Å². The number of fused-ring (bicyclic) bond motifs is 1. The Morgan fingerprint density at radius 2 is 1.95 bits per heavy atom. The SMILES string of the molecule is COc1c(OCc2ccccc2)ccc2c1COC(=O)C2. The van der Waals surface area contributed by atoms with Crippen molar-refractivity contribution in [3.63, 3.8) is 0 Å². The summed E-state index contributed by atoms with van der Waals surface area (Å²) in [7, 11) is 1.60. The van der Waals surface area contributed by atoms with E-state index in [-0.39, 0.29) is 19.0 Å². The lowest BCUT2D eigenvalue weighted by atomic mass is 10.0. The molecule has 0 amide bonds. The van der Waals surface area contributed by atoms with E-state index in [2.05, 4.69) is 0 Å². The van der Waals surface area contributed by atoms with E-state index in [9.17, 15) is 4.79 Å². The van der Waals surface area contributed by atoms with Crippen LogP contribution >= 0.6 is 0 Å². The fourth-order valence-electron chi connectivity index (χ4n) is 2.40. The molecule has 1 heterocycles. The molecule has 21 heavy (non-hydrogen) atoms. The van der Waals surface area contributed by atoms with Crippen molar-refractivity contribution in [2.45, 2.75) is 19.6 Å². The zero-order chi connectivity index (χ0) is 14.7. The van der Waals surface area contributed by atoms with E-state index >= 15 is 0 Å². The van der Waals surface area contributed by atoms with E-state index in [1.165, 1.54) is 0 Å². The van der Waals surface area contributed by atoms with Crippen molar-refractivity contribution in [1.29, 1.82) is 0 Å². The lowest BCUT2D eigenvalue weighted by Crippen LogP contribution is -2.17. The lowest BCUT2D eigenvalue weighted by Gasteiger charge is -2.21. The van der Waals surface area contributed by atoms with Crippen LogP contribution in [0.2, 0.25) is 0 Å². The average Bonchev–Trinajstić information content (AvgIpc) is 2.53. The van der Waals surface area contributed by atoms with Crippen LogP contribution in [0.4, 0.5) is 0 Å². The van der Waals surface area contributed by atoms with Gasteiger partial charge in [0.2, 0.25) is 0 Å². The van der Waals surface area contributed by atoms with Crippen LogP contribution in [0, 0.1) is 0 Å². The van der Waals surface area contributed by atoms with Crippen LogP contribution in [0.25, 0.3) is 0 Å². The number of cyclic esters (lactones) is 1. The minimum absolute atomic E-state index is 0.206. The molecule has 1 aliphatic rings. The zero-order valence-corrected chi connectivity index (χ0v) is 11.8. The molecule has 3 rings (SSSR count). The number of ether oxygens (including phenoxy) is 3. The standard InChI is InChI=1S/C17H16O4/c1-19-17-14-11-21-16(18)9-13(14)7-8-15(17)20-10-12-5-3-2-4-6-12/h2-8H,9-11H2,1H3. The number of esters is 1. The van der Waals surface area contributed by atoms with Crippen LogP contribution in [-0.4, -0.2) is 13.1 Å². The van der Waals surface area contributed by atoms with Gasteiger partial charge in [0.25, 0.3) is 0 Å². The van der Waals surface area contributed by atoms with Gasteiger partial charge in [0, 0.05) is 5.56 Å². The van der Waals surface area contributed by atoms with Crippen molar-refractivity contribution in [1.82, 2.24) is 0 Å². The summed E-state index contributed by atoms with van der Waals surface area (Å²) in [6.07, 6.45) is 0.282. The molecule has 0 atom stereocenters. The molecule has 2 aromatic carbocycles. The topological polar surface area (TPSA) is 44.8 Å². The number of carbonyl (C=O) groups excluding carboxylic acids is 1. The highest BCUT2D eigenvalue weighted by Gasteiger charge is 2.22. The number of hydrogen-bond acceptors (Lipinski definition) is 4. The van der Waals surface area contributed by atoms with Crippen LogP contribution in [0.1, 0.15) is 16.7 Å². The molecule has 0 radical (unpaired) electrons. The molecule has 0 spiro atoms. The number of benzene rings is 2. The highest BCUT2D eigenvalue weighted by atomic mass is 16.5. The van der Waals surface area contributed by atoms with Gasteiger partial charge in [0.05, 0.1) is 13.5 Å². The van der Waals surface area contributed by atoms with Gasteiger partial charge >= 0.3 is 5.97 Å². The fraction of sp³-hybridized carbons (Fsp3) is 0.235. The second-order valence-corrected chi connectivity index (χ2v) is 4.85. The summed E-state index contributed by atoms with van der Waals surface area (Å²) >= 11 is 0. The van der Waals surface area contributed by atoms with Gasteiger partial charge in [-0.15, -0.1) is 0 Å². The molecule has 0 aromatic heterocycles. The second-order valence-electron chi connectivity index (χ2n) is 4.85. The maximum atomic E-state index is 11.3. The minimum atomic E-state index is -0.206. The Morgan fingerprint density at radius 3 is 2.71 bits per heavy atom. The van der Waals surface area contributed by atoms with E-state index in [0.717, 1.165) is 16.7 Å². The number of hydrogen-bond donors (Lipinski definition) is 0. The quantitative estimate of drug-likeness (QED) is 0.810.